The average Bonchev–Trinajstić information content (AvgIpc) is 2.73. The van der Waals surface area contributed by atoms with Crippen LogP contribution < -0.4 is 19.5 Å². The van der Waals surface area contributed by atoms with Crippen LogP contribution in [-0.2, 0) is 24.8 Å². The van der Waals surface area contributed by atoms with Crippen molar-refractivity contribution in [1.29, 1.82) is 0 Å². The van der Waals surface area contributed by atoms with Crippen molar-refractivity contribution in [2.24, 2.45) is 0 Å². The number of amides is 1. The molecule has 0 spiro atoms. The van der Waals surface area contributed by atoms with Crippen molar-refractivity contribution in [3.05, 3.63) is 54.1 Å². The lowest BCUT2D eigenvalue weighted by molar-refractivity contribution is -0.111. The molecule has 0 aromatic heterocycles. The van der Waals surface area contributed by atoms with Gasteiger partial charge in [-0.05, 0) is 61.5 Å². The van der Waals surface area contributed by atoms with Gasteiger partial charge in [-0.2, -0.15) is 0 Å². The molecule has 0 aliphatic heterocycles. The maximum atomic E-state index is 12.2. The fourth-order valence-electron chi connectivity index (χ4n) is 2.59. The number of methoxy groups -OCH3 is 1. The Morgan fingerprint density at radius 2 is 1.68 bits per heavy atom. The summed E-state index contributed by atoms with van der Waals surface area (Å²) in [6, 6.07) is 10.7. The molecule has 0 saturated heterocycles. The molecular formula is C20H25N3O6S2. The minimum atomic E-state index is -3.73. The molecule has 2 aromatic rings. The summed E-state index contributed by atoms with van der Waals surface area (Å²) in [7, 11) is -4.45. The molecule has 0 aliphatic rings. The Bertz CT molecular complexity index is 1160. The molecule has 168 valence electrons. The first kappa shape index (κ1) is 24.4. The van der Waals surface area contributed by atoms with Gasteiger partial charge in [0.2, 0.25) is 26.0 Å². The van der Waals surface area contributed by atoms with E-state index in [1.54, 1.807) is 37.3 Å². The minimum Gasteiger partial charge on any atom is -0.495 e. The molecule has 0 bridgehead atoms. The van der Waals surface area contributed by atoms with Gasteiger partial charge in [0.05, 0.1) is 12.9 Å². The highest BCUT2D eigenvalue weighted by Crippen LogP contribution is 2.25. The van der Waals surface area contributed by atoms with Crippen molar-refractivity contribution in [1.82, 2.24) is 4.72 Å². The number of carbonyl (C=O) groups excluding carboxylic acids is 1. The highest BCUT2D eigenvalue weighted by Gasteiger charge is 2.17. The van der Waals surface area contributed by atoms with Crippen LogP contribution in [0, 0.1) is 0 Å². The van der Waals surface area contributed by atoms with Crippen molar-refractivity contribution in [2.45, 2.75) is 18.2 Å². The predicted octanol–water partition coefficient (Wildman–Crippen LogP) is 2.41. The van der Waals surface area contributed by atoms with Gasteiger partial charge in [-0.25, -0.2) is 21.6 Å². The number of hydrogen-bond donors (Lipinski definition) is 3. The fourth-order valence-corrected chi connectivity index (χ4v) is 4.66. The minimum absolute atomic E-state index is 0.0268. The maximum absolute atomic E-state index is 12.2. The zero-order valence-corrected chi connectivity index (χ0v) is 19.0. The topological polar surface area (TPSA) is 131 Å². The lowest BCUT2D eigenvalue weighted by Gasteiger charge is -2.09. The lowest BCUT2D eigenvalue weighted by Crippen LogP contribution is -2.19. The first-order valence-electron chi connectivity index (χ1n) is 9.31. The van der Waals surface area contributed by atoms with E-state index in [1.165, 1.54) is 38.4 Å². The highest BCUT2D eigenvalue weighted by molar-refractivity contribution is 7.92. The molecule has 0 atom stereocenters. The summed E-state index contributed by atoms with van der Waals surface area (Å²) < 4.78 is 57.6. The predicted molar refractivity (Wildman–Crippen MR) is 121 cm³/mol. The van der Waals surface area contributed by atoms with Crippen molar-refractivity contribution in [3.8, 4) is 5.75 Å². The third-order valence-electron chi connectivity index (χ3n) is 4.07. The van der Waals surface area contributed by atoms with E-state index in [4.69, 9.17) is 4.74 Å². The standard InChI is InChI=1S/C20H25N3O6S2/c1-4-13-30(25,26)23-17-9-7-16(8-10-17)22-20(24)12-6-15-5-11-18(29-3)19(14-15)31(27,28)21-2/h5-12,14,21,23H,4,13H2,1-3H3,(H,22,24)/b12-6+. The summed E-state index contributed by atoms with van der Waals surface area (Å²) >= 11 is 0. The summed E-state index contributed by atoms with van der Waals surface area (Å²) in [6.07, 6.45) is 3.23. The van der Waals surface area contributed by atoms with Crippen LogP contribution in [-0.4, -0.2) is 42.7 Å². The second-order valence-electron chi connectivity index (χ2n) is 6.44. The Hall–Kier alpha value is -2.89. The van der Waals surface area contributed by atoms with Crippen molar-refractivity contribution in [3.63, 3.8) is 0 Å². The van der Waals surface area contributed by atoms with E-state index in [-0.39, 0.29) is 16.4 Å². The first-order chi connectivity index (χ1) is 14.6. The number of anilines is 2. The lowest BCUT2D eigenvalue weighted by atomic mass is 10.2. The van der Waals surface area contributed by atoms with Gasteiger partial charge in [0.15, 0.2) is 0 Å². The number of sulfonamides is 2. The molecule has 0 unspecified atom stereocenters. The van der Waals surface area contributed by atoms with E-state index in [0.717, 1.165) is 0 Å². The average molecular weight is 468 g/mol. The van der Waals surface area contributed by atoms with Crippen LogP contribution in [0.4, 0.5) is 11.4 Å². The Labute approximate surface area is 182 Å². The summed E-state index contributed by atoms with van der Waals surface area (Å²) in [5.74, 6) is -0.224. The van der Waals surface area contributed by atoms with Crippen molar-refractivity contribution < 1.29 is 26.4 Å². The summed E-state index contributed by atoms with van der Waals surface area (Å²) in [5, 5.41) is 2.65. The SMILES string of the molecule is CCCS(=O)(=O)Nc1ccc(NC(=O)/C=C/c2ccc(OC)c(S(=O)(=O)NC)c2)cc1. The number of rotatable bonds is 10. The van der Waals surface area contributed by atoms with Gasteiger partial charge in [-0.3, -0.25) is 9.52 Å². The second kappa shape index (κ2) is 10.4. The number of carbonyl (C=O) groups is 1. The maximum Gasteiger partial charge on any atom is 0.248 e. The van der Waals surface area contributed by atoms with E-state index in [9.17, 15) is 21.6 Å². The van der Waals surface area contributed by atoms with Gasteiger partial charge in [-0.1, -0.05) is 13.0 Å². The van der Waals surface area contributed by atoms with Crippen LogP contribution in [0.1, 0.15) is 18.9 Å². The van der Waals surface area contributed by atoms with E-state index in [2.05, 4.69) is 14.8 Å². The van der Waals surface area contributed by atoms with E-state index >= 15 is 0 Å². The van der Waals surface area contributed by atoms with Gasteiger partial charge in [0.25, 0.3) is 0 Å². The number of ether oxygens (including phenoxy) is 1. The summed E-state index contributed by atoms with van der Waals surface area (Å²) in [6.45, 7) is 1.78. The third-order valence-corrected chi connectivity index (χ3v) is 7.00. The molecule has 1 amide bonds. The normalized spacial score (nSPS) is 12.0. The van der Waals surface area contributed by atoms with Crippen LogP contribution >= 0.6 is 0 Å². The molecule has 0 heterocycles. The highest BCUT2D eigenvalue weighted by atomic mass is 32.2. The Morgan fingerprint density at radius 3 is 2.26 bits per heavy atom. The van der Waals surface area contributed by atoms with E-state index < -0.39 is 26.0 Å². The van der Waals surface area contributed by atoms with Crippen LogP contribution in [0.3, 0.4) is 0 Å². The van der Waals surface area contributed by atoms with Crippen LogP contribution in [0.15, 0.2) is 53.4 Å². The zero-order valence-electron chi connectivity index (χ0n) is 17.4. The number of benzene rings is 2. The molecule has 0 radical (unpaired) electrons. The van der Waals surface area contributed by atoms with Gasteiger partial charge in [-0.15, -0.1) is 0 Å². The van der Waals surface area contributed by atoms with E-state index in [1.807, 2.05) is 0 Å². The summed E-state index contributed by atoms with van der Waals surface area (Å²) in [5.41, 5.74) is 1.37. The summed E-state index contributed by atoms with van der Waals surface area (Å²) in [4.78, 5) is 12.1. The van der Waals surface area contributed by atoms with Crippen LogP contribution in [0.25, 0.3) is 6.08 Å². The molecule has 2 aromatic carbocycles. The Kier molecular flexibility index (Phi) is 8.20. The largest absolute Gasteiger partial charge is 0.495 e. The van der Waals surface area contributed by atoms with E-state index in [0.29, 0.717) is 23.4 Å². The molecule has 0 saturated carbocycles. The van der Waals surface area contributed by atoms with Crippen molar-refractivity contribution >= 4 is 43.4 Å². The molecule has 9 nitrogen and oxygen atoms in total. The molecule has 2 rings (SSSR count). The van der Waals surface area contributed by atoms with Gasteiger partial charge in [0.1, 0.15) is 10.6 Å². The van der Waals surface area contributed by atoms with Gasteiger partial charge in [0, 0.05) is 17.5 Å². The smallest absolute Gasteiger partial charge is 0.248 e. The number of hydrogen-bond acceptors (Lipinski definition) is 6. The van der Waals surface area contributed by atoms with Crippen LogP contribution in [0.5, 0.6) is 5.75 Å². The fraction of sp³-hybridized carbons (Fsp3) is 0.250. The number of nitrogens with one attached hydrogen (secondary N) is 3. The van der Waals surface area contributed by atoms with Gasteiger partial charge < -0.3 is 10.1 Å². The quantitative estimate of drug-likeness (QED) is 0.460. The third kappa shape index (κ3) is 7.09. The van der Waals surface area contributed by atoms with Crippen molar-refractivity contribution in [2.75, 3.05) is 29.9 Å². The second-order valence-corrected chi connectivity index (χ2v) is 10.1. The molecule has 31 heavy (non-hydrogen) atoms. The zero-order chi connectivity index (χ0) is 23.1. The van der Waals surface area contributed by atoms with Gasteiger partial charge >= 0.3 is 0 Å². The molecular weight excluding hydrogens is 442 g/mol. The first-order valence-corrected chi connectivity index (χ1v) is 12.4. The Balaban J connectivity index is 2.08. The molecule has 11 heteroatoms. The monoisotopic (exact) mass is 467 g/mol. The van der Waals surface area contributed by atoms with Crippen LogP contribution in [0.2, 0.25) is 0 Å². The Morgan fingerprint density at radius 1 is 1.03 bits per heavy atom. The molecule has 3 N–H and O–H groups in total. The molecule has 0 fully saturated rings. The molecule has 0 aliphatic carbocycles.